The Kier molecular flexibility index (Phi) is 5.92. The zero-order chi connectivity index (χ0) is 25.9. The molecule has 1 fully saturated rings. The maximum atomic E-state index is 13.8. The maximum Gasteiger partial charge on any atom is 0.403 e. The lowest BCUT2D eigenvalue weighted by molar-refractivity contribution is -0.219. The van der Waals surface area contributed by atoms with Crippen molar-refractivity contribution in [1.82, 2.24) is 20.0 Å². The molecule has 1 aliphatic carbocycles. The molecule has 0 atom stereocenters. The van der Waals surface area contributed by atoms with Crippen LogP contribution in [0.15, 0.2) is 57.8 Å². The molecule has 2 heterocycles. The predicted octanol–water partition coefficient (Wildman–Crippen LogP) is 6.28. The molecule has 1 aliphatic rings. The van der Waals surface area contributed by atoms with Gasteiger partial charge in [0.25, 0.3) is 5.89 Å². The zero-order valence-electron chi connectivity index (χ0n) is 18.6. The second-order valence-corrected chi connectivity index (χ2v) is 11.3. The molecule has 0 unspecified atom stereocenters. The van der Waals surface area contributed by atoms with E-state index in [-0.39, 0.29) is 34.1 Å². The van der Waals surface area contributed by atoms with Gasteiger partial charge in [0, 0.05) is 16.8 Å². The SMILES string of the molecule is CS(=O)(=O)c1c(-c2nnc(C3(C(F)(F)F)CCC3)o2)nn(-c2ccccc2Cl)c1-c1ccc(Cl)cc1. The predicted molar refractivity (Wildman–Crippen MR) is 127 cm³/mol. The standard InChI is InChI=1S/C23H17Cl2F3N4O3S/c1-36(33,34)19-17(20-29-30-21(35-20)22(11-4-12-22)23(26,27)28)31-32(16-6-3-2-5-15(16)25)18(19)13-7-9-14(24)10-8-13/h2-3,5-10H,4,11-12H2,1H3. The van der Waals surface area contributed by atoms with Gasteiger partial charge < -0.3 is 4.42 Å². The third-order valence-electron chi connectivity index (χ3n) is 6.20. The van der Waals surface area contributed by atoms with Crippen LogP contribution in [0.3, 0.4) is 0 Å². The monoisotopic (exact) mass is 556 g/mol. The van der Waals surface area contributed by atoms with E-state index < -0.39 is 33.2 Å². The van der Waals surface area contributed by atoms with E-state index in [1.54, 1.807) is 48.5 Å². The van der Waals surface area contributed by atoms with Gasteiger partial charge in [0.05, 0.1) is 16.4 Å². The van der Waals surface area contributed by atoms with Crippen molar-refractivity contribution < 1.29 is 26.0 Å². The van der Waals surface area contributed by atoms with Crippen LogP contribution in [0.2, 0.25) is 10.0 Å². The van der Waals surface area contributed by atoms with E-state index in [0.29, 0.717) is 22.7 Å². The van der Waals surface area contributed by atoms with E-state index in [1.807, 2.05) is 0 Å². The van der Waals surface area contributed by atoms with Crippen molar-refractivity contribution in [3.63, 3.8) is 0 Å². The Morgan fingerprint density at radius 1 is 1.03 bits per heavy atom. The van der Waals surface area contributed by atoms with Crippen LogP contribution < -0.4 is 0 Å². The molecule has 188 valence electrons. The fourth-order valence-corrected chi connectivity index (χ4v) is 5.59. The number of sulfone groups is 1. The van der Waals surface area contributed by atoms with Crippen LogP contribution in [-0.4, -0.2) is 40.8 Å². The quantitative estimate of drug-likeness (QED) is 0.287. The molecule has 7 nitrogen and oxygen atoms in total. The number of hydrogen-bond acceptors (Lipinski definition) is 6. The molecule has 2 aromatic carbocycles. The van der Waals surface area contributed by atoms with Crippen molar-refractivity contribution in [3.8, 4) is 28.5 Å². The van der Waals surface area contributed by atoms with Crippen molar-refractivity contribution in [2.45, 2.75) is 35.7 Å². The molecule has 0 spiro atoms. The highest BCUT2D eigenvalue weighted by Crippen LogP contribution is 2.54. The van der Waals surface area contributed by atoms with Crippen LogP contribution in [0, 0.1) is 0 Å². The van der Waals surface area contributed by atoms with E-state index in [0.717, 1.165) is 6.26 Å². The molecule has 2 aromatic heterocycles. The van der Waals surface area contributed by atoms with Crippen molar-refractivity contribution in [1.29, 1.82) is 0 Å². The molecule has 0 aliphatic heterocycles. The summed E-state index contributed by atoms with van der Waals surface area (Å²) in [6.07, 6.45) is -3.67. The number of rotatable bonds is 5. The molecule has 0 radical (unpaired) electrons. The Morgan fingerprint density at radius 2 is 1.69 bits per heavy atom. The fourth-order valence-electron chi connectivity index (χ4n) is 4.22. The molecule has 5 rings (SSSR count). The average molecular weight is 557 g/mol. The summed E-state index contributed by atoms with van der Waals surface area (Å²) in [5.41, 5.74) is -1.66. The molecule has 0 amide bonds. The lowest BCUT2D eigenvalue weighted by atomic mass is 9.68. The van der Waals surface area contributed by atoms with Gasteiger partial charge in [0.15, 0.2) is 15.5 Å². The average Bonchev–Trinajstić information content (AvgIpc) is 3.38. The Balaban J connectivity index is 1.79. The summed E-state index contributed by atoms with van der Waals surface area (Å²) < 4.78 is 74.4. The summed E-state index contributed by atoms with van der Waals surface area (Å²) in [5, 5.41) is 12.6. The third kappa shape index (κ3) is 3.99. The van der Waals surface area contributed by atoms with Crippen LogP contribution in [-0.2, 0) is 15.3 Å². The van der Waals surface area contributed by atoms with Crippen LogP contribution in [0.25, 0.3) is 28.5 Å². The lowest BCUT2D eigenvalue weighted by Crippen LogP contribution is -2.48. The Labute approximate surface area is 213 Å². The molecular formula is C23H17Cl2F3N4O3S. The number of nitrogens with zero attached hydrogens (tertiary/aromatic N) is 4. The fraction of sp³-hybridized carbons (Fsp3) is 0.261. The maximum absolute atomic E-state index is 13.8. The third-order valence-corrected chi connectivity index (χ3v) is 7.90. The van der Waals surface area contributed by atoms with Crippen molar-refractivity contribution >= 4 is 33.0 Å². The number of hydrogen-bond donors (Lipinski definition) is 0. The number of alkyl halides is 3. The topological polar surface area (TPSA) is 90.9 Å². The van der Waals surface area contributed by atoms with Gasteiger partial charge in [-0.25, -0.2) is 13.1 Å². The molecule has 13 heteroatoms. The summed E-state index contributed by atoms with van der Waals surface area (Å²) in [7, 11) is -4.03. The van der Waals surface area contributed by atoms with Crippen molar-refractivity contribution in [2.75, 3.05) is 6.26 Å². The summed E-state index contributed by atoms with van der Waals surface area (Å²) in [6, 6.07) is 12.9. The number of aromatic nitrogens is 4. The lowest BCUT2D eigenvalue weighted by Gasteiger charge is -2.39. The smallest absolute Gasteiger partial charge is 0.403 e. The first kappa shape index (κ1) is 24.8. The number of halogens is 5. The van der Waals surface area contributed by atoms with E-state index in [1.165, 1.54) is 4.68 Å². The minimum atomic E-state index is -4.60. The van der Waals surface area contributed by atoms with Gasteiger partial charge in [-0.3, -0.25) is 0 Å². The van der Waals surface area contributed by atoms with Gasteiger partial charge in [-0.05, 0) is 37.1 Å². The minimum Gasteiger partial charge on any atom is -0.418 e. The largest absolute Gasteiger partial charge is 0.418 e. The van der Waals surface area contributed by atoms with E-state index >= 15 is 0 Å². The minimum absolute atomic E-state index is 0.117. The van der Waals surface area contributed by atoms with Gasteiger partial charge >= 0.3 is 6.18 Å². The number of benzene rings is 2. The first-order valence-corrected chi connectivity index (χ1v) is 13.3. The first-order chi connectivity index (χ1) is 16.9. The highest BCUT2D eigenvalue weighted by Gasteiger charge is 2.63. The van der Waals surface area contributed by atoms with Gasteiger partial charge in [0.2, 0.25) is 5.89 Å². The van der Waals surface area contributed by atoms with Gasteiger partial charge in [-0.15, -0.1) is 10.2 Å². The second-order valence-electron chi connectivity index (χ2n) is 8.51. The molecule has 0 saturated heterocycles. The Hall–Kier alpha value is -2.89. The van der Waals surface area contributed by atoms with Crippen LogP contribution in [0.4, 0.5) is 13.2 Å². The van der Waals surface area contributed by atoms with Gasteiger partial charge in [0.1, 0.15) is 10.3 Å². The number of para-hydroxylation sites is 1. The van der Waals surface area contributed by atoms with E-state index in [4.69, 9.17) is 27.6 Å². The Bertz CT molecular complexity index is 1560. The highest BCUT2D eigenvalue weighted by molar-refractivity contribution is 7.91. The van der Waals surface area contributed by atoms with E-state index in [9.17, 15) is 21.6 Å². The normalized spacial score (nSPS) is 15.6. The highest BCUT2D eigenvalue weighted by atomic mass is 35.5. The molecule has 0 N–H and O–H groups in total. The van der Waals surface area contributed by atoms with Gasteiger partial charge in [-0.1, -0.05) is 53.9 Å². The molecule has 36 heavy (non-hydrogen) atoms. The Morgan fingerprint density at radius 3 is 2.25 bits per heavy atom. The second kappa shape index (κ2) is 8.60. The van der Waals surface area contributed by atoms with Crippen molar-refractivity contribution in [2.24, 2.45) is 0 Å². The molecule has 4 aromatic rings. The zero-order valence-corrected chi connectivity index (χ0v) is 20.9. The summed E-state index contributed by atoms with van der Waals surface area (Å²) >= 11 is 12.4. The van der Waals surface area contributed by atoms with Crippen molar-refractivity contribution in [3.05, 3.63) is 64.5 Å². The van der Waals surface area contributed by atoms with E-state index in [2.05, 4.69) is 15.3 Å². The summed E-state index contributed by atoms with van der Waals surface area (Å²) in [4.78, 5) is -0.297. The molecular weight excluding hydrogens is 540 g/mol. The molecule has 0 bridgehead atoms. The van der Waals surface area contributed by atoms with Gasteiger partial charge in [-0.2, -0.15) is 18.3 Å². The molecule has 1 saturated carbocycles. The van der Waals surface area contributed by atoms with Crippen LogP contribution in [0.5, 0.6) is 0 Å². The first-order valence-electron chi connectivity index (χ1n) is 10.7. The van der Waals surface area contributed by atoms with Crippen LogP contribution in [0.1, 0.15) is 25.2 Å². The summed E-state index contributed by atoms with van der Waals surface area (Å²) in [6.45, 7) is 0. The summed E-state index contributed by atoms with van der Waals surface area (Å²) in [5.74, 6) is -1.06. The van der Waals surface area contributed by atoms with Crippen LogP contribution >= 0.6 is 23.2 Å².